The van der Waals surface area contributed by atoms with Crippen molar-refractivity contribution in [2.45, 2.75) is 25.9 Å². The van der Waals surface area contributed by atoms with Crippen molar-refractivity contribution in [2.75, 3.05) is 18.1 Å². The highest BCUT2D eigenvalue weighted by atomic mass is 32.1. The molecule has 0 spiro atoms. The standard InChI is InChI=1S/C23H21N3O2S2/c1-15-8-10-16(11-9-15)21-24-19(14-29-21)22(27)26(13-17-5-4-12-28-17)23-25-18-6-2-3-7-20(18)30-23/h2-3,6-11,14,17H,4-5,12-13H2,1H3/t17-/m1/s1. The molecule has 0 radical (unpaired) electrons. The molecule has 5 rings (SSSR count). The Morgan fingerprint density at radius 2 is 2.00 bits per heavy atom. The zero-order valence-electron chi connectivity index (χ0n) is 16.6. The number of carbonyl (C=O) groups is 1. The number of fused-ring (bicyclic) bond motifs is 1. The van der Waals surface area contributed by atoms with E-state index in [0.717, 1.165) is 40.2 Å². The zero-order chi connectivity index (χ0) is 20.5. The SMILES string of the molecule is Cc1ccc(-c2nc(C(=O)N(C[C@H]3CCCO3)c3nc4ccccc4s3)cs2)cc1. The highest BCUT2D eigenvalue weighted by molar-refractivity contribution is 7.22. The fourth-order valence-corrected chi connectivity index (χ4v) is 5.33. The summed E-state index contributed by atoms with van der Waals surface area (Å²) >= 11 is 3.02. The average Bonchev–Trinajstić information content (AvgIpc) is 3.52. The number of thiazole rings is 2. The van der Waals surface area contributed by atoms with Crippen LogP contribution >= 0.6 is 22.7 Å². The number of hydrogen-bond donors (Lipinski definition) is 0. The third-order valence-electron chi connectivity index (χ3n) is 5.19. The molecule has 4 aromatic rings. The number of hydrogen-bond acceptors (Lipinski definition) is 6. The number of aromatic nitrogens is 2. The van der Waals surface area contributed by atoms with Crippen molar-refractivity contribution in [1.82, 2.24) is 9.97 Å². The first-order valence-corrected chi connectivity index (χ1v) is 11.7. The Labute approximate surface area is 183 Å². The molecule has 30 heavy (non-hydrogen) atoms. The van der Waals surface area contributed by atoms with Gasteiger partial charge in [-0.15, -0.1) is 11.3 Å². The lowest BCUT2D eigenvalue weighted by molar-refractivity contribution is 0.0914. The van der Waals surface area contributed by atoms with Gasteiger partial charge in [-0.25, -0.2) is 9.97 Å². The second-order valence-electron chi connectivity index (χ2n) is 7.42. The van der Waals surface area contributed by atoms with Crippen molar-refractivity contribution in [3.05, 3.63) is 65.2 Å². The van der Waals surface area contributed by atoms with Crippen LogP contribution in [-0.2, 0) is 4.74 Å². The molecule has 3 heterocycles. The number of nitrogens with zero attached hydrogens (tertiary/aromatic N) is 3. The molecule has 0 bridgehead atoms. The second-order valence-corrected chi connectivity index (χ2v) is 9.29. The minimum atomic E-state index is -0.126. The van der Waals surface area contributed by atoms with Gasteiger partial charge in [-0.3, -0.25) is 9.69 Å². The number of aryl methyl sites for hydroxylation is 1. The number of benzene rings is 2. The molecule has 1 aliphatic heterocycles. The molecule has 1 amide bonds. The number of carbonyl (C=O) groups excluding carboxylic acids is 1. The van der Waals surface area contributed by atoms with Gasteiger partial charge in [0.15, 0.2) is 5.13 Å². The normalized spacial score (nSPS) is 16.2. The molecule has 1 aliphatic rings. The summed E-state index contributed by atoms with van der Waals surface area (Å²) in [7, 11) is 0. The molecular formula is C23H21N3O2S2. The van der Waals surface area contributed by atoms with Crippen molar-refractivity contribution in [3.63, 3.8) is 0 Å². The summed E-state index contributed by atoms with van der Waals surface area (Å²) in [5, 5.41) is 3.38. The molecule has 0 N–H and O–H groups in total. The summed E-state index contributed by atoms with van der Waals surface area (Å²) in [4.78, 5) is 24.6. The maximum atomic E-state index is 13.5. The number of ether oxygens (including phenoxy) is 1. The Bertz CT molecular complexity index is 1140. The van der Waals surface area contributed by atoms with Gasteiger partial charge >= 0.3 is 0 Å². The minimum Gasteiger partial charge on any atom is -0.376 e. The van der Waals surface area contributed by atoms with E-state index in [1.165, 1.54) is 28.2 Å². The van der Waals surface area contributed by atoms with E-state index < -0.39 is 0 Å². The summed E-state index contributed by atoms with van der Waals surface area (Å²) in [5.41, 5.74) is 3.58. The summed E-state index contributed by atoms with van der Waals surface area (Å²) in [6, 6.07) is 16.2. The molecule has 2 aromatic heterocycles. The van der Waals surface area contributed by atoms with Crippen LogP contribution in [0.5, 0.6) is 0 Å². The maximum absolute atomic E-state index is 13.5. The highest BCUT2D eigenvalue weighted by Crippen LogP contribution is 2.32. The fourth-order valence-electron chi connectivity index (χ4n) is 3.55. The molecule has 152 valence electrons. The van der Waals surface area contributed by atoms with Crippen molar-refractivity contribution in [3.8, 4) is 10.6 Å². The number of anilines is 1. The van der Waals surface area contributed by atoms with Crippen LogP contribution in [0, 0.1) is 6.92 Å². The summed E-state index contributed by atoms with van der Waals surface area (Å²) < 4.78 is 6.88. The molecular weight excluding hydrogens is 414 g/mol. The molecule has 2 aromatic carbocycles. The van der Waals surface area contributed by atoms with Gasteiger partial charge in [0.1, 0.15) is 10.7 Å². The van der Waals surface area contributed by atoms with E-state index in [2.05, 4.69) is 24.0 Å². The highest BCUT2D eigenvalue weighted by Gasteiger charge is 2.28. The van der Waals surface area contributed by atoms with Crippen LogP contribution in [0.2, 0.25) is 0 Å². The van der Waals surface area contributed by atoms with E-state index in [0.29, 0.717) is 17.4 Å². The van der Waals surface area contributed by atoms with E-state index in [4.69, 9.17) is 9.72 Å². The van der Waals surface area contributed by atoms with Crippen LogP contribution in [0.1, 0.15) is 28.9 Å². The third-order valence-corrected chi connectivity index (χ3v) is 7.14. The monoisotopic (exact) mass is 435 g/mol. The van der Waals surface area contributed by atoms with Gasteiger partial charge in [0.2, 0.25) is 0 Å². The van der Waals surface area contributed by atoms with Crippen LogP contribution < -0.4 is 4.90 Å². The van der Waals surface area contributed by atoms with Crippen molar-refractivity contribution < 1.29 is 9.53 Å². The van der Waals surface area contributed by atoms with Gasteiger partial charge in [-0.2, -0.15) is 0 Å². The topological polar surface area (TPSA) is 55.3 Å². The zero-order valence-corrected chi connectivity index (χ0v) is 18.2. The van der Waals surface area contributed by atoms with Crippen LogP contribution in [0.25, 0.3) is 20.8 Å². The lowest BCUT2D eigenvalue weighted by atomic mass is 10.2. The van der Waals surface area contributed by atoms with Crippen LogP contribution in [-0.4, -0.2) is 35.1 Å². The predicted octanol–water partition coefficient (Wildman–Crippen LogP) is 5.55. The maximum Gasteiger partial charge on any atom is 0.279 e. The van der Waals surface area contributed by atoms with Crippen molar-refractivity contribution in [2.24, 2.45) is 0 Å². The molecule has 7 heteroatoms. The molecule has 1 fully saturated rings. The Balaban J connectivity index is 1.47. The van der Waals surface area contributed by atoms with Crippen LogP contribution in [0.3, 0.4) is 0 Å². The minimum absolute atomic E-state index is 0.0381. The van der Waals surface area contributed by atoms with E-state index in [9.17, 15) is 4.79 Å². The van der Waals surface area contributed by atoms with Gasteiger partial charge < -0.3 is 4.74 Å². The first-order chi connectivity index (χ1) is 14.7. The van der Waals surface area contributed by atoms with E-state index >= 15 is 0 Å². The van der Waals surface area contributed by atoms with Gasteiger partial charge in [0.05, 0.1) is 22.9 Å². The summed E-state index contributed by atoms with van der Waals surface area (Å²) in [6.45, 7) is 3.30. The Hall–Kier alpha value is -2.61. The molecule has 0 aliphatic carbocycles. The summed E-state index contributed by atoms with van der Waals surface area (Å²) in [6.07, 6.45) is 2.03. The van der Waals surface area contributed by atoms with Gasteiger partial charge in [-0.1, -0.05) is 53.3 Å². The molecule has 1 atom stereocenters. The molecule has 0 saturated carbocycles. The number of rotatable bonds is 5. The van der Waals surface area contributed by atoms with E-state index in [1.807, 2.05) is 41.8 Å². The van der Waals surface area contributed by atoms with Gasteiger partial charge in [0, 0.05) is 17.6 Å². The lowest BCUT2D eigenvalue weighted by Crippen LogP contribution is -2.37. The fraction of sp³-hybridized carbons (Fsp3) is 0.261. The van der Waals surface area contributed by atoms with Crippen LogP contribution in [0.4, 0.5) is 5.13 Å². The third kappa shape index (κ3) is 3.88. The van der Waals surface area contributed by atoms with Gasteiger partial charge in [-0.05, 0) is 31.9 Å². The second kappa shape index (κ2) is 8.26. The molecule has 0 unspecified atom stereocenters. The number of amides is 1. The van der Waals surface area contributed by atoms with E-state index in [-0.39, 0.29) is 12.0 Å². The van der Waals surface area contributed by atoms with Gasteiger partial charge in [0.25, 0.3) is 5.91 Å². The van der Waals surface area contributed by atoms with Crippen LogP contribution in [0.15, 0.2) is 53.9 Å². The first kappa shape index (κ1) is 19.4. The molecule has 5 nitrogen and oxygen atoms in total. The smallest absolute Gasteiger partial charge is 0.279 e. The Morgan fingerprint density at radius 3 is 2.77 bits per heavy atom. The van der Waals surface area contributed by atoms with E-state index in [1.54, 1.807) is 4.90 Å². The lowest BCUT2D eigenvalue weighted by Gasteiger charge is -2.22. The Kier molecular flexibility index (Phi) is 5.33. The number of para-hydroxylation sites is 1. The van der Waals surface area contributed by atoms with Crippen molar-refractivity contribution in [1.29, 1.82) is 0 Å². The average molecular weight is 436 g/mol. The Morgan fingerprint density at radius 1 is 1.17 bits per heavy atom. The van der Waals surface area contributed by atoms with Crippen molar-refractivity contribution >= 4 is 43.9 Å². The predicted molar refractivity (Wildman–Crippen MR) is 123 cm³/mol. The largest absolute Gasteiger partial charge is 0.376 e. The first-order valence-electron chi connectivity index (χ1n) is 9.99. The molecule has 1 saturated heterocycles. The quantitative estimate of drug-likeness (QED) is 0.412. The summed E-state index contributed by atoms with van der Waals surface area (Å²) in [5.74, 6) is -0.126.